The molecule has 4 aliphatic carbocycles. The smallest absolute Gasteiger partial charge is 0.337 e. The first kappa shape index (κ1) is 18.3. The van der Waals surface area contributed by atoms with Gasteiger partial charge in [0.15, 0.2) is 5.78 Å². The summed E-state index contributed by atoms with van der Waals surface area (Å²) in [6.45, 7) is 4.32. The minimum atomic E-state index is -3.45. The minimum absolute atomic E-state index is 0.292. The van der Waals surface area contributed by atoms with Gasteiger partial charge in [-0.2, -0.15) is 0 Å². The van der Waals surface area contributed by atoms with Crippen molar-refractivity contribution in [2.45, 2.75) is 71.2 Å². The van der Waals surface area contributed by atoms with Crippen molar-refractivity contribution < 1.29 is 24.9 Å². The van der Waals surface area contributed by atoms with Gasteiger partial charge >= 0.3 is 5.97 Å². The Morgan fingerprint density at radius 3 is 2.50 bits per heavy atom. The molecule has 1 unspecified atom stereocenters. The zero-order valence-electron chi connectivity index (χ0n) is 15.7. The number of hydrogen-bond donors (Lipinski definition) is 3. The number of carbonyl (C=O) groups excluding carboxylic acids is 2. The highest BCUT2D eigenvalue weighted by Gasteiger charge is 2.61. The molecular weight excluding hydrogens is 332 g/mol. The molecule has 5 heteroatoms. The molecule has 0 aromatic rings. The summed E-state index contributed by atoms with van der Waals surface area (Å²) in [5, 5.41) is 28.1. The van der Waals surface area contributed by atoms with Gasteiger partial charge in [-0.05, 0) is 67.8 Å². The Hall–Kier alpha value is -1.04. The van der Waals surface area contributed by atoms with Crippen LogP contribution in [0.3, 0.4) is 0 Å². The summed E-state index contributed by atoms with van der Waals surface area (Å²) in [7, 11) is 0. The number of allylic oxidation sites excluding steroid dienone is 2. The Kier molecular flexibility index (Phi) is 4.04. The highest BCUT2D eigenvalue weighted by molar-refractivity contribution is 6.12. The third-order valence-electron chi connectivity index (χ3n) is 8.46. The summed E-state index contributed by atoms with van der Waals surface area (Å²) >= 11 is 0. The molecule has 144 valence electrons. The normalized spacial score (nSPS) is 45.4. The lowest BCUT2D eigenvalue weighted by Gasteiger charge is -2.58. The third-order valence-corrected chi connectivity index (χ3v) is 8.46. The molecule has 0 bridgehead atoms. The fraction of sp³-hybridized carbons (Fsp3) is 0.810. The average molecular weight is 362 g/mol. The van der Waals surface area contributed by atoms with Crippen molar-refractivity contribution in [3.05, 3.63) is 11.6 Å². The summed E-state index contributed by atoms with van der Waals surface area (Å²) in [5.74, 6) is -4.62. The van der Waals surface area contributed by atoms with E-state index < -0.39 is 23.1 Å². The van der Waals surface area contributed by atoms with Crippen LogP contribution in [0, 0.1) is 34.5 Å². The van der Waals surface area contributed by atoms with E-state index in [4.69, 9.17) is 0 Å². The van der Waals surface area contributed by atoms with Gasteiger partial charge in [0, 0.05) is 5.41 Å². The lowest BCUT2D eigenvalue weighted by Crippen LogP contribution is -2.53. The Bertz CT molecular complexity index is 674. The van der Waals surface area contributed by atoms with Crippen LogP contribution >= 0.6 is 0 Å². The van der Waals surface area contributed by atoms with Gasteiger partial charge in [0.25, 0.3) is 0 Å². The molecule has 0 spiro atoms. The van der Waals surface area contributed by atoms with E-state index in [1.165, 1.54) is 32.1 Å². The van der Waals surface area contributed by atoms with E-state index in [1.807, 2.05) is 6.92 Å². The third kappa shape index (κ3) is 2.40. The van der Waals surface area contributed by atoms with Crippen LogP contribution in [-0.2, 0) is 9.59 Å². The maximum absolute atomic E-state index is 12.6. The zero-order valence-corrected chi connectivity index (χ0v) is 15.7. The number of carbonyl (C=O) groups is 2. The van der Waals surface area contributed by atoms with Gasteiger partial charge in [-0.25, -0.2) is 0 Å². The summed E-state index contributed by atoms with van der Waals surface area (Å²) in [5.41, 5.74) is 0.627. The monoisotopic (exact) mass is 362 g/mol. The number of Topliss-reactive ketones (excluding diaryl/α,β-unsaturated/α-hetero) is 1. The van der Waals surface area contributed by atoms with Gasteiger partial charge in [-0.15, -0.1) is 0 Å². The predicted octanol–water partition coefficient (Wildman–Crippen LogP) is 2.33. The Balaban J connectivity index is 1.68. The van der Waals surface area contributed by atoms with Crippen LogP contribution in [0.25, 0.3) is 0 Å². The maximum Gasteiger partial charge on any atom is 0.340 e. The largest absolute Gasteiger partial charge is 0.340 e. The molecule has 4 aliphatic rings. The Morgan fingerprint density at radius 2 is 1.81 bits per heavy atom. The average Bonchev–Trinajstić information content (AvgIpc) is 2.83. The van der Waals surface area contributed by atoms with Crippen LogP contribution in [-0.4, -0.2) is 32.9 Å². The molecular formula is C21H30O5. The number of ketones is 2. The van der Waals surface area contributed by atoms with Gasteiger partial charge in [0.1, 0.15) is 0 Å². The van der Waals surface area contributed by atoms with Crippen molar-refractivity contribution in [3.63, 3.8) is 0 Å². The van der Waals surface area contributed by atoms with Crippen molar-refractivity contribution in [2.75, 3.05) is 0 Å². The van der Waals surface area contributed by atoms with E-state index in [9.17, 15) is 24.9 Å². The summed E-state index contributed by atoms with van der Waals surface area (Å²) < 4.78 is 0. The van der Waals surface area contributed by atoms with E-state index in [0.717, 1.165) is 24.3 Å². The lowest BCUT2D eigenvalue weighted by atomic mass is 9.46. The first-order chi connectivity index (χ1) is 12.1. The van der Waals surface area contributed by atoms with Crippen LogP contribution in [0.4, 0.5) is 0 Å². The molecule has 3 fully saturated rings. The van der Waals surface area contributed by atoms with Crippen molar-refractivity contribution in [3.8, 4) is 0 Å². The highest BCUT2D eigenvalue weighted by atomic mass is 16.7. The lowest BCUT2D eigenvalue weighted by molar-refractivity contribution is -0.290. The topological polar surface area (TPSA) is 94.8 Å². The fourth-order valence-corrected chi connectivity index (χ4v) is 7.11. The molecule has 0 amide bonds. The SMILES string of the molecule is C[C@]12CC[C@H]3[C@@H](CCC4CCCC[C@@]43C)C1=CC(=O)[C@@H]2C(=O)C(O)(O)O. The van der Waals surface area contributed by atoms with E-state index in [2.05, 4.69) is 6.92 Å². The summed E-state index contributed by atoms with van der Waals surface area (Å²) in [6, 6.07) is 0. The van der Waals surface area contributed by atoms with Gasteiger partial charge in [0.05, 0.1) is 5.92 Å². The van der Waals surface area contributed by atoms with Gasteiger partial charge in [0.2, 0.25) is 5.78 Å². The predicted molar refractivity (Wildman–Crippen MR) is 94.6 cm³/mol. The first-order valence-electron chi connectivity index (χ1n) is 10.1. The molecule has 0 aliphatic heterocycles. The number of rotatable bonds is 2. The number of hydrogen-bond acceptors (Lipinski definition) is 5. The van der Waals surface area contributed by atoms with Crippen LogP contribution in [0.5, 0.6) is 0 Å². The van der Waals surface area contributed by atoms with Crippen molar-refractivity contribution in [1.82, 2.24) is 0 Å². The van der Waals surface area contributed by atoms with Crippen molar-refractivity contribution in [1.29, 1.82) is 0 Å². The molecule has 6 atom stereocenters. The molecule has 3 N–H and O–H groups in total. The fourth-order valence-electron chi connectivity index (χ4n) is 7.11. The van der Waals surface area contributed by atoms with E-state index in [1.54, 1.807) is 6.08 Å². The maximum atomic E-state index is 12.6. The molecule has 0 aromatic heterocycles. The van der Waals surface area contributed by atoms with Crippen LogP contribution in [0.2, 0.25) is 0 Å². The van der Waals surface area contributed by atoms with E-state index in [-0.39, 0.29) is 5.78 Å². The summed E-state index contributed by atoms with van der Waals surface area (Å²) in [6.07, 6.45) is 10.6. The van der Waals surface area contributed by atoms with Crippen LogP contribution in [0.15, 0.2) is 11.6 Å². The Labute approximate surface area is 154 Å². The molecule has 0 aromatic carbocycles. The quantitative estimate of drug-likeness (QED) is 0.518. The molecule has 4 rings (SSSR count). The Morgan fingerprint density at radius 1 is 1.08 bits per heavy atom. The second kappa shape index (κ2) is 5.73. The second-order valence-corrected chi connectivity index (χ2v) is 9.63. The van der Waals surface area contributed by atoms with Gasteiger partial charge in [-0.1, -0.05) is 32.3 Å². The molecule has 26 heavy (non-hydrogen) atoms. The molecule has 5 nitrogen and oxygen atoms in total. The molecule has 0 saturated heterocycles. The standard InChI is InChI=1S/C21H30O5/c1-19-9-4-3-5-12(19)6-7-13-14(19)8-10-20(2)15(13)11-16(22)17(20)18(23)21(24,25)26/h11-14,17,24-26H,3-10H2,1-2H3/t12?,13-,14+,17-,19+,20+/m1/s1. The molecule has 3 saturated carbocycles. The van der Waals surface area contributed by atoms with Crippen LogP contribution in [0.1, 0.15) is 65.2 Å². The summed E-state index contributed by atoms with van der Waals surface area (Å²) in [4.78, 5) is 25.0. The molecule has 0 heterocycles. The van der Waals surface area contributed by atoms with E-state index in [0.29, 0.717) is 23.7 Å². The number of aliphatic hydroxyl groups is 3. The second-order valence-electron chi connectivity index (χ2n) is 9.63. The zero-order chi connectivity index (χ0) is 18.9. The van der Waals surface area contributed by atoms with Gasteiger partial charge < -0.3 is 15.3 Å². The van der Waals surface area contributed by atoms with E-state index >= 15 is 0 Å². The van der Waals surface area contributed by atoms with Crippen molar-refractivity contribution in [2.24, 2.45) is 34.5 Å². The first-order valence-corrected chi connectivity index (χ1v) is 10.1. The van der Waals surface area contributed by atoms with Crippen LogP contribution < -0.4 is 0 Å². The highest BCUT2D eigenvalue weighted by Crippen LogP contribution is 2.65. The van der Waals surface area contributed by atoms with Crippen molar-refractivity contribution >= 4 is 11.6 Å². The van der Waals surface area contributed by atoms with Gasteiger partial charge in [-0.3, -0.25) is 9.59 Å². The number of fused-ring (bicyclic) bond motifs is 5. The molecule has 0 radical (unpaired) electrons. The minimum Gasteiger partial charge on any atom is -0.337 e.